The number of hydrogen-bond acceptors (Lipinski definition) is 12. The zero-order valence-corrected chi connectivity index (χ0v) is 72.0. The Morgan fingerprint density at radius 1 is 0.405 bits per heavy atom. The van der Waals surface area contributed by atoms with Crippen LogP contribution in [-0.2, 0) is 20.9 Å². The SMILES string of the molecule is CC[C@H](CN1CC[C@@H](CNC(=O)c2ccc(Cl)c(Cl)c2)N[C@@H](CCNC(C)(C)C)C1=O)c1ccccc1.CC[C@H](CN1CC[C@@H](CNC(=O)c2ccc(Cl)c(Cl)c2)N[C@@H](CCNCc2ccccc2)C1=O)c1ccccc1.CC[C@H](CN1CC[C@@H](CNC(=O)c2ccc(Cl)c(Cl)c2)N[C@@H](CCNc2ccccc2)C1=O)c1ccccc1. The van der Waals surface area contributed by atoms with Gasteiger partial charge in [0, 0.05) is 136 Å². The van der Waals surface area contributed by atoms with Gasteiger partial charge in [0.1, 0.15) is 0 Å². The molecule has 18 nitrogen and oxygen atoms in total. The van der Waals surface area contributed by atoms with Gasteiger partial charge in [-0.3, -0.25) is 28.8 Å². The van der Waals surface area contributed by atoms with E-state index in [9.17, 15) is 28.8 Å². The molecule has 9 N–H and O–H groups in total. The number of hydrogen-bond donors (Lipinski definition) is 9. The van der Waals surface area contributed by atoms with E-state index in [1.165, 1.54) is 22.3 Å². The van der Waals surface area contributed by atoms with Crippen LogP contribution in [0.2, 0.25) is 30.1 Å². The molecule has 116 heavy (non-hydrogen) atoms. The van der Waals surface area contributed by atoms with Crippen LogP contribution >= 0.6 is 69.6 Å². The molecule has 11 rings (SSSR count). The fourth-order valence-corrected chi connectivity index (χ4v) is 15.6. The Labute approximate surface area is 716 Å². The van der Waals surface area contributed by atoms with Gasteiger partial charge in [0.25, 0.3) is 17.7 Å². The smallest absolute Gasteiger partial charge is 0.251 e. The van der Waals surface area contributed by atoms with Crippen LogP contribution in [0.15, 0.2) is 206 Å². The van der Waals surface area contributed by atoms with E-state index in [2.05, 4.69) is 174 Å². The summed E-state index contributed by atoms with van der Waals surface area (Å²) in [7, 11) is 0. The third kappa shape index (κ3) is 29.5. The Hall–Kier alpha value is -8.08. The molecule has 3 aliphatic heterocycles. The second kappa shape index (κ2) is 47.5. The van der Waals surface area contributed by atoms with Gasteiger partial charge in [0.2, 0.25) is 17.7 Å². The lowest BCUT2D eigenvalue weighted by Gasteiger charge is -2.29. The molecule has 3 heterocycles. The summed E-state index contributed by atoms with van der Waals surface area (Å²) < 4.78 is 0. The Bertz CT molecular complexity index is 4390. The van der Waals surface area contributed by atoms with Gasteiger partial charge in [-0.25, -0.2) is 0 Å². The van der Waals surface area contributed by atoms with Gasteiger partial charge >= 0.3 is 0 Å². The molecule has 0 bridgehead atoms. The van der Waals surface area contributed by atoms with Crippen LogP contribution in [0.25, 0.3) is 0 Å². The molecule has 0 aromatic heterocycles. The van der Waals surface area contributed by atoms with Gasteiger partial charge in [0.05, 0.1) is 48.3 Å². The Morgan fingerprint density at radius 3 is 1.03 bits per heavy atom. The largest absolute Gasteiger partial charge is 0.385 e. The standard InChI is InChI=1S/C32H38Cl2N4O2.C31H36Cl2N4O2.C29H40Cl2N4O2/c1-2-24(25-11-7-4-8-12-25)22-38-18-16-27(21-36-31(39)26-13-14-28(33)29(34)19-26)37-30(32(38)40)15-17-35-20-23-9-5-3-6-10-23;1-2-22(23-9-5-3-6-10-23)21-37-18-16-26(20-35-30(38)24-13-14-27(32)28(33)19-24)36-29(31(37)39)15-17-34-25-11-7-4-8-12-25;1-5-20(21-9-7-6-8-10-21)19-35-16-14-23(34-26(28(35)37)13-15-33-29(2,3)4)18-32-27(36)22-11-12-24(30)25(31)17-22/h3-14,19,24,27,30,35,37H,2,15-18,20-22H2,1H3,(H,36,39);3-14,19,22,26,29,34,36H,2,15-18,20-21H2,1H3,(H,35,38);6-12,17,20,23,26,33-34H,5,13-16,18-19H2,1-4H3,(H,32,36)/t24-,27+,30+;22-,26+,29+;20-,23+,26+/m111/s1. The van der Waals surface area contributed by atoms with Gasteiger partial charge in [-0.1, -0.05) is 230 Å². The predicted molar refractivity (Wildman–Crippen MR) is 475 cm³/mol. The lowest BCUT2D eigenvalue weighted by atomic mass is 9.95. The van der Waals surface area contributed by atoms with Gasteiger partial charge in [-0.15, -0.1) is 0 Å². The maximum atomic E-state index is 13.8. The molecular weight excluding hydrogens is 1580 g/mol. The van der Waals surface area contributed by atoms with Crippen LogP contribution in [0.1, 0.15) is 170 Å². The number of benzene rings is 8. The zero-order chi connectivity index (χ0) is 82.9. The number of halogens is 6. The molecule has 3 saturated heterocycles. The predicted octanol–water partition coefficient (Wildman–Crippen LogP) is 16.9. The van der Waals surface area contributed by atoms with Gasteiger partial charge in [0.15, 0.2) is 0 Å². The molecule has 620 valence electrons. The first kappa shape index (κ1) is 91.8. The van der Waals surface area contributed by atoms with Crippen LogP contribution in [0, 0.1) is 0 Å². The minimum absolute atomic E-state index is 0.0265. The fourth-order valence-electron chi connectivity index (χ4n) is 14.7. The summed E-state index contributed by atoms with van der Waals surface area (Å²) in [5.74, 6) is 0.523. The maximum Gasteiger partial charge on any atom is 0.251 e. The summed E-state index contributed by atoms with van der Waals surface area (Å²) in [4.78, 5) is 85.6. The highest BCUT2D eigenvalue weighted by molar-refractivity contribution is 6.43. The number of nitrogens with one attached hydrogen (secondary N) is 9. The molecule has 0 radical (unpaired) electrons. The third-order valence-corrected chi connectivity index (χ3v) is 23.7. The Morgan fingerprint density at radius 2 is 0.716 bits per heavy atom. The summed E-state index contributed by atoms with van der Waals surface area (Å²) in [6.45, 7) is 20.9. The number of anilines is 1. The molecule has 24 heteroatoms. The first-order chi connectivity index (χ1) is 55.9. The summed E-state index contributed by atoms with van der Waals surface area (Å²) in [5, 5.41) is 32.3. The highest BCUT2D eigenvalue weighted by Gasteiger charge is 2.36. The number of carbonyl (C=O) groups excluding carboxylic acids is 6. The second-order valence-corrected chi connectivity index (χ2v) is 33.5. The lowest BCUT2D eigenvalue weighted by Crippen LogP contribution is -2.50. The summed E-state index contributed by atoms with van der Waals surface area (Å²) in [6, 6.07) is 64.8. The molecular formula is C92H114Cl6N12O6. The van der Waals surface area contributed by atoms with E-state index < -0.39 is 0 Å². The van der Waals surface area contributed by atoms with E-state index in [0.717, 1.165) is 57.3 Å². The Balaban J connectivity index is 0.000000199. The van der Waals surface area contributed by atoms with Crippen LogP contribution in [0.5, 0.6) is 0 Å². The normalized spacial score (nSPS) is 18.7. The van der Waals surface area contributed by atoms with Crippen molar-refractivity contribution in [2.24, 2.45) is 0 Å². The summed E-state index contributed by atoms with van der Waals surface area (Å²) in [6.07, 6.45) is 7.05. The van der Waals surface area contributed by atoms with Crippen molar-refractivity contribution in [2.45, 2.75) is 165 Å². The van der Waals surface area contributed by atoms with E-state index >= 15 is 0 Å². The molecule has 0 saturated carbocycles. The second-order valence-electron chi connectivity index (χ2n) is 31.0. The van der Waals surface area contributed by atoms with Crippen molar-refractivity contribution in [3.05, 3.63) is 275 Å². The van der Waals surface area contributed by atoms with Crippen molar-refractivity contribution >= 4 is 111 Å². The van der Waals surface area contributed by atoms with Crippen LogP contribution in [0.3, 0.4) is 0 Å². The Kier molecular flexibility index (Phi) is 37.6. The van der Waals surface area contributed by atoms with Crippen LogP contribution in [-0.4, -0.2) is 170 Å². The minimum atomic E-state index is -0.358. The average molecular weight is 1700 g/mol. The van der Waals surface area contributed by atoms with Crippen molar-refractivity contribution in [3.8, 4) is 0 Å². The summed E-state index contributed by atoms with van der Waals surface area (Å²) >= 11 is 36.3. The first-order valence-corrected chi connectivity index (χ1v) is 43.0. The number of amides is 6. The first-order valence-electron chi connectivity index (χ1n) is 40.7. The van der Waals surface area contributed by atoms with Crippen LogP contribution in [0.4, 0.5) is 5.69 Å². The average Bonchev–Trinajstić information content (AvgIpc) is 1.63. The van der Waals surface area contributed by atoms with E-state index in [-0.39, 0.29) is 95.0 Å². The molecule has 6 amide bonds. The molecule has 3 fully saturated rings. The fraction of sp³-hybridized carbons (Fsp3) is 0.413. The summed E-state index contributed by atoms with van der Waals surface area (Å²) in [5.41, 5.74) is 7.33. The third-order valence-electron chi connectivity index (χ3n) is 21.5. The van der Waals surface area contributed by atoms with E-state index in [1.54, 1.807) is 54.6 Å². The number of nitrogens with zero attached hydrogens (tertiary/aromatic N) is 3. The van der Waals surface area contributed by atoms with Gasteiger partial charge in [-0.05, 0) is 181 Å². The molecule has 0 unspecified atom stereocenters. The number of para-hydroxylation sites is 1. The number of rotatable bonds is 33. The monoisotopic (exact) mass is 1690 g/mol. The van der Waals surface area contributed by atoms with Crippen molar-refractivity contribution in [3.63, 3.8) is 0 Å². The molecule has 0 aliphatic carbocycles. The molecule has 8 aromatic rings. The minimum Gasteiger partial charge on any atom is -0.385 e. The maximum absolute atomic E-state index is 13.8. The van der Waals surface area contributed by atoms with E-state index in [0.29, 0.717) is 138 Å². The van der Waals surface area contributed by atoms with E-state index in [1.807, 2.05) is 81.4 Å². The molecule has 3 aliphatic rings. The quantitative estimate of drug-likeness (QED) is 0.0175. The van der Waals surface area contributed by atoms with Crippen molar-refractivity contribution < 1.29 is 28.8 Å². The molecule has 0 spiro atoms. The molecule has 8 aromatic carbocycles. The van der Waals surface area contributed by atoms with Gasteiger partial charge < -0.3 is 62.6 Å². The highest BCUT2D eigenvalue weighted by atomic mass is 35.5. The highest BCUT2D eigenvalue weighted by Crippen LogP contribution is 2.30. The topological polar surface area (TPSA) is 220 Å². The molecule has 9 atom stereocenters. The van der Waals surface area contributed by atoms with Crippen molar-refractivity contribution in [2.75, 3.05) is 83.9 Å². The van der Waals surface area contributed by atoms with Crippen LogP contribution < -0.4 is 47.9 Å². The zero-order valence-electron chi connectivity index (χ0n) is 67.4. The number of carbonyl (C=O) groups is 6. The van der Waals surface area contributed by atoms with Gasteiger partial charge in [-0.2, -0.15) is 0 Å². The van der Waals surface area contributed by atoms with E-state index in [4.69, 9.17) is 69.6 Å². The van der Waals surface area contributed by atoms with Crippen molar-refractivity contribution in [1.82, 2.24) is 57.2 Å². The van der Waals surface area contributed by atoms with Crippen molar-refractivity contribution in [1.29, 1.82) is 0 Å². The lowest BCUT2D eigenvalue weighted by molar-refractivity contribution is -0.133.